The molecular formula is C18H44N4P4Pt2+8. The average molecular weight is 831 g/mol. The first-order valence-electron chi connectivity index (χ1n) is 8.10. The van der Waals surface area contributed by atoms with Crippen molar-refractivity contribution in [2.75, 3.05) is 93.3 Å². The second-order valence-corrected chi connectivity index (χ2v) is 18.6. The van der Waals surface area contributed by atoms with E-state index in [1.165, 1.54) is 28.2 Å². The molecule has 0 aromatic rings. The fourth-order valence-corrected chi connectivity index (χ4v) is 12.7. The minimum absolute atomic E-state index is 0. The molecule has 0 spiro atoms. The monoisotopic (exact) mass is 830 g/mol. The van der Waals surface area contributed by atoms with E-state index < -0.39 is 0 Å². The Morgan fingerprint density at radius 1 is 0.429 bits per heavy atom. The smallest absolute Gasteiger partial charge is 0.320 e. The van der Waals surface area contributed by atoms with Gasteiger partial charge < -0.3 is 19.4 Å². The zero-order valence-corrected chi connectivity index (χ0v) is 28.4. The van der Waals surface area contributed by atoms with E-state index in [1.807, 2.05) is 0 Å². The molecule has 0 rings (SSSR count). The summed E-state index contributed by atoms with van der Waals surface area (Å²) in [6.07, 6.45) is 0. The van der Waals surface area contributed by atoms with Gasteiger partial charge in [0.2, 0.25) is 28.2 Å². The van der Waals surface area contributed by atoms with Crippen LogP contribution in [0.4, 0.5) is 0 Å². The van der Waals surface area contributed by atoms with E-state index in [0.29, 0.717) is 0 Å². The molecule has 0 unspecified atom stereocenters. The van der Waals surface area contributed by atoms with Gasteiger partial charge in [0.25, 0.3) is 0 Å². The topological polar surface area (TPSA) is 17.4 Å². The number of hydrogen-bond acceptors (Lipinski definition) is 0. The van der Waals surface area contributed by atoms with Crippen LogP contribution in [0.2, 0.25) is 0 Å². The third-order valence-corrected chi connectivity index (χ3v) is 12.7. The summed E-state index contributed by atoms with van der Waals surface area (Å²) in [7, 11) is 6.11. The Bertz CT molecular complexity index is 320. The van der Waals surface area contributed by atoms with E-state index in [0.717, 1.165) is 0 Å². The largest absolute Gasteiger partial charge is 2.00 e. The molecule has 168 valence electrons. The van der Waals surface area contributed by atoms with Crippen molar-refractivity contribution >= 4 is 31.7 Å². The summed E-state index contributed by atoms with van der Waals surface area (Å²) in [5, 5.41) is 0. The Kier molecular flexibility index (Phi) is 104. The summed E-state index contributed by atoms with van der Waals surface area (Å²) in [6, 6.07) is 0. The predicted octanol–water partition coefficient (Wildman–Crippen LogP) is 5.92. The molecule has 0 saturated heterocycles. The van der Waals surface area contributed by atoms with Crippen LogP contribution in [0.25, 0.3) is 19.4 Å². The molecule has 0 N–H and O–H groups in total. The van der Waals surface area contributed by atoms with Crippen molar-refractivity contribution in [2.24, 2.45) is 0 Å². The molecule has 0 aliphatic carbocycles. The molecule has 0 aromatic carbocycles. The summed E-state index contributed by atoms with van der Waals surface area (Å²) in [4.78, 5) is 11.0. The zero-order chi connectivity index (χ0) is 22.6. The predicted molar refractivity (Wildman–Crippen MR) is 140 cm³/mol. The average Bonchev–Trinajstić information content (AvgIpc) is 2.39. The van der Waals surface area contributed by atoms with Gasteiger partial charge in [-0.15, -0.1) is 0 Å². The van der Waals surface area contributed by atoms with Crippen LogP contribution in [0.3, 0.4) is 0 Å². The van der Waals surface area contributed by atoms with Gasteiger partial charge in [-0.2, -0.15) is 0 Å². The minimum Gasteiger partial charge on any atom is -0.320 e. The SMILES string of the molecule is C[PH+](C)C[PH+](C)C.C[PH+](C)C[PH+](C)C.[C-]#[N+]C.[C-]#[N+]C.[C-]#[N+]C.[C-]#[N+]C.[Pt+2].[Pt+2]. The fraction of sp³-hybridized carbons (Fsp3) is 0.778. The Morgan fingerprint density at radius 2 is 0.500 bits per heavy atom. The second-order valence-electron chi connectivity index (χ2n) is 6.08. The van der Waals surface area contributed by atoms with Crippen molar-refractivity contribution in [3.63, 3.8) is 0 Å². The van der Waals surface area contributed by atoms with Gasteiger partial charge in [-0.1, -0.05) is 0 Å². The molecular weight excluding hydrogens is 786 g/mol. The third-order valence-electron chi connectivity index (χ3n) is 1.41. The second kappa shape index (κ2) is 56.6. The molecule has 0 amide bonds. The maximum Gasteiger partial charge on any atom is 2.00 e. The number of rotatable bonds is 4. The van der Waals surface area contributed by atoms with Crippen molar-refractivity contribution in [2.45, 2.75) is 0 Å². The molecule has 0 atom stereocenters. The van der Waals surface area contributed by atoms with Crippen molar-refractivity contribution in [3.05, 3.63) is 45.7 Å². The van der Waals surface area contributed by atoms with E-state index in [-0.39, 0.29) is 73.8 Å². The van der Waals surface area contributed by atoms with E-state index in [1.54, 1.807) is 11.8 Å². The van der Waals surface area contributed by atoms with Crippen LogP contribution in [0, 0.1) is 26.3 Å². The van der Waals surface area contributed by atoms with Crippen LogP contribution in [-0.4, -0.2) is 93.3 Å². The fourth-order valence-electron chi connectivity index (χ4n) is 1.41. The van der Waals surface area contributed by atoms with E-state index in [2.05, 4.69) is 72.7 Å². The first-order chi connectivity index (χ1) is 11.9. The molecule has 0 aliphatic heterocycles. The van der Waals surface area contributed by atoms with Gasteiger partial charge in [0, 0.05) is 85.0 Å². The first kappa shape index (κ1) is 51.6. The maximum absolute atomic E-state index is 5.83. The Labute approximate surface area is 211 Å². The van der Waals surface area contributed by atoms with Gasteiger partial charge in [0.1, 0.15) is 0 Å². The van der Waals surface area contributed by atoms with Gasteiger partial charge >= 0.3 is 42.1 Å². The van der Waals surface area contributed by atoms with Crippen LogP contribution in [0.15, 0.2) is 0 Å². The quantitative estimate of drug-likeness (QED) is 0.248. The Balaban J connectivity index is -0.0000000297. The molecule has 0 fully saturated rings. The molecule has 4 nitrogen and oxygen atoms in total. The van der Waals surface area contributed by atoms with Crippen LogP contribution >= 0.6 is 31.7 Å². The van der Waals surface area contributed by atoms with Crippen molar-refractivity contribution in [1.29, 1.82) is 0 Å². The summed E-state index contributed by atoms with van der Waals surface area (Å²) in [5.41, 5.74) is 0. The van der Waals surface area contributed by atoms with Crippen LogP contribution in [-0.2, 0) is 42.1 Å². The number of nitrogens with zero attached hydrogens (tertiary/aromatic N) is 4. The van der Waals surface area contributed by atoms with Gasteiger partial charge in [0.15, 0.2) is 11.8 Å². The van der Waals surface area contributed by atoms with Crippen LogP contribution in [0.1, 0.15) is 0 Å². The Hall–Kier alpha value is 1.06. The minimum atomic E-state index is 0. The van der Waals surface area contributed by atoms with Crippen LogP contribution < -0.4 is 0 Å². The van der Waals surface area contributed by atoms with Crippen molar-refractivity contribution in [1.82, 2.24) is 0 Å². The molecule has 0 aliphatic rings. The molecule has 10 heteroatoms. The maximum atomic E-state index is 5.83. The van der Waals surface area contributed by atoms with Gasteiger partial charge in [0.05, 0.1) is 0 Å². The molecule has 0 saturated carbocycles. The molecule has 0 heterocycles. The number of hydrogen-bond donors (Lipinski definition) is 0. The van der Waals surface area contributed by atoms with E-state index in [9.17, 15) is 0 Å². The normalized spacial score (nSPS) is 6.71. The van der Waals surface area contributed by atoms with Gasteiger partial charge in [-0.25, -0.2) is 26.3 Å². The van der Waals surface area contributed by atoms with Gasteiger partial charge in [-0.3, -0.25) is 0 Å². The summed E-state index contributed by atoms with van der Waals surface area (Å²) in [6.45, 7) is 42.5. The Morgan fingerprint density at radius 3 is 0.500 bits per heavy atom. The van der Waals surface area contributed by atoms with Gasteiger partial charge in [-0.05, 0) is 0 Å². The third kappa shape index (κ3) is 224. The zero-order valence-electron chi connectivity index (χ0n) is 19.8. The molecule has 28 heavy (non-hydrogen) atoms. The van der Waals surface area contributed by atoms with E-state index in [4.69, 9.17) is 26.3 Å². The van der Waals surface area contributed by atoms with E-state index >= 15 is 0 Å². The summed E-state index contributed by atoms with van der Waals surface area (Å²) in [5.74, 6) is 3.13. The molecule has 0 aromatic heterocycles. The van der Waals surface area contributed by atoms with Crippen molar-refractivity contribution < 1.29 is 42.1 Å². The first-order valence-corrected chi connectivity index (χ1v) is 18.9. The molecule has 0 radical (unpaired) electrons. The van der Waals surface area contributed by atoms with Crippen LogP contribution in [0.5, 0.6) is 0 Å². The summed E-state index contributed by atoms with van der Waals surface area (Å²) < 4.78 is 0. The van der Waals surface area contributed by atoms with Crippen molar-refractivity contribution in [3.8, 4) is 0 Å². The molecule has 0 bridgehead atoms. The summed E-state index contributed by atoms with van der Waals surface area (Å²) >= 11 is 0. The standard InChI is InChI=1S/2C5H14P2.4C2H3N.2Pt/c2*1-6(2)5-7(3)4;4*1-3-2;;/h2*5H2,1-4H3;4*1H3;;/q;;;;;;2*+2/p+4.